The van der Waals surface area contributed by atoms with E-state index in [0.29, 0.717) is 11.5 Å². The molecule has 0 fully saturated rings. The van der Waals surface area contributed by atoms with Crippen molar-refractivity contribution in [2.24, 2.45) is 0 Å². The molecule has 0 aromatic heterocycles. The summed E-state index contributed by atoms with van der Waals surface area (Å²) in [6, 6.07) is 10.1. The molecule has 0 amide bonds. The minimum absolute atomic E-state index is 0.0862. The summed E-state index contributed by atoms with van der Waals surface area (Å²) in [6.45, 7) is 0. The molecule has 4 heteroatoms. The lowest BCUT2D eigenvalue weighted by Gasteiger charge is -2.07. The summed E-state index contributed by atoms with van der Waals surface area (Å²) in [6.07, 6.45) is 3.60. The average Bonchev–Trinajstić information content (AvgIpc) is 2.44. The molecule has 0 unspecified atom stereocenters. The molecule has 0 aliphatic rings. The third-order valence-corrected chi connectivity index (χ3v) is 2.83. The lowest BCUT2D eigenvalue weighted by atomic mass is 10.1. The Balaban J connectivity index is 2.34. The molecule has 0 atom stereocenters. The predicted octanol–water partition coefficient (Wildman–Crippen LogP) is 3.29. The van der Waals surface area contributed by atoms with Crippen molar-refractivity contribution in [1.82, 2.24) is 0 Å². The highest BCUT2D eigenvalue weighted by Gasteiger charge is 2.05. The van der Waals surface area contributed by atoms with Crippen molar-refractivity contribution in [2.45, 2.75) is 0 Å². The average molecular weight is 272 g/mol. The fourth-order valence-corrected chi connectivity index (χ4v) is 1.90. The number of methoxy groups -OCH3 is 2. The van der Waals surface area contributed by atoms with Crippen molar-refractivity contribution in [3.63, 3.8) is 0 Å². The summed E-state index contributed by atoms with van der Waals surface area (Å²) in [4.78, 5) is 0. The Morgan fingerprint density at radius 2 is 1.75 bits per heavy atom. The number of phenolic OH excluding ortho intramolecular Hbond substituents is 2. The van der Waals surface area contributed by atoms with Crippen molar-refractivity contribution < 1.29 is 19.7 Å². The number of phenols is 2. The molecule has 0 bridgehead atoms. The van der Waals surface area contributed by atoms with E-state index in [1.54, 1.807) is 43.5 Å². The molecule has 2 rings (SSSR count). The van der Waals surface area contributed by atoms with E-state index >= 15 is 0 Å². The Morgan fingerprint density at radius 3 is 2.45 bits per heavy atom. The number of para-hydroxylation sites is 1. The third-order valence-electron chi connectivity index (χ3n) is 2.83. The van der Waals surface area contributed by atoms with Crippen LogP contribution in [-0.2, 0) is 0 Å². The molecule has 2 N–H and O–H groups in total. The molecule has 104 valence electrons. The largest absolute Gasteiger partial charge is 0.508 e. The van der Waals surface area contributed by atoms with Gasteiger partial charge in [-0.05, 0) is 23.8 Å². The standard InChI is InChI=1S/C16H16O4/c1-19-14-9-11(8-13(17)10-14)6-7-12-4-3-5-15(18)16(12)20-2/h3-10,17-18H,1-2H3/b7-6+. The molecule has 20 heavy (non-hydrogen) atoms. The summed E-state index contributed by atoms with van der Waals surface area (Å²) in [5.41, 5.74) is 1.53. The van der Waals surface area contributed by atoms with Crippen LogP contribution in [0.15, 0.2) is 36.4 Å². The fourth-order valence-electron chi connectivity index (χ4n) is 1.90. The maximum atomic E-state index is 9.70. The Morgan fingerprint density at radius 1 is 0.950 bits per heavy atom. The van der Waals surface area contributed by atoms with Gasteiger partial charge < -0.3 is 19.7 Å². The van der Waals surface area contributed by atoms with Crippen LogP contribution in [0.1, 0.15) is 11.1 Å². The van der Waals surface area contributed by atoms with Crippen LogP contribution in [0.5, 0.6) is 23.0 Å². The summed E-state index contributed by atoms with van der Waals surface area (Å²) < 4.78 is 10.3. The number of rotatable bonds is 4. The zero-order valence-electron chi connectivity index (χ0n) is 11.3. The Labute approximate surface area is 117 Å². The van der Waals surface area contributed by atoms with Crippen LogP contribution in [0, 0.1) is 0 Å². The molecule has 0 aliphatic heterocycles. The molecular formula is C16H16O4. The summed E-state index contributed by atoms with van der Waals surface area (Å²) in [7, 11) is 3.05. The molecule has 0 heterocycles. The van der Waals surface area contributed by atoms with Crippen LogP contribution >= 0.6 is 0 Å². The van der Waals surface area contributed by atoms with Crippen LogP contribution < -0.4 is 9.47 Å². The monoisotopic (exact) mass is 272 g/mol. The third kappa shape index (κ3) is 3.03. The van der Waals surface area contributed by atoms with Gasteiger partial charge in [0.05, 0.1) is 14.2 Å². The van der Waals surface area contributed by atoms with Gasteiger partial charge in [-0.2, -0.15) is 0 Å². The first-order valence-corrected chi connectivity index (χ1v) is 6.06. The lowest BCUT2D eigenvalue weighted by molar-refractivity contribution is 0.372. The second-order valence-corrected chi connectivity index (χ2v) is 4.20. The predicted molar refractivity (Wildman–Crippen MR) is 78.2 cm³/mol. The van der Waals surface area contributed by atoms with E-state index in [1.807, 2.05) is 6.07 Å². The van der Waals surface area contributed by atoms with Crippen molar-refractivity contribution in [3.8, 4) is 23.0 Å². The normalized spacial score (nSPS) is 10.7. The molecule has 2 aromatic rings. The van der Waals surface area contributed by atoms with E-state index in [2.05, 4.69) is 0 Å². The van der Waals surface area contributed by atoms with E-state index in [1.165, 1.54) is 13.2 Å². The van der Waals surface area contributed by atoms with Gasteiger partial charge in [-0.3, -0.25) is 0 Å². The topological polar surface area (TPSA) is 58.9 Å². The van der Waals surface area contributed by atoms with Gasteiger partial charge in [0.15, 0.2) is 11.5 Å². The number of hydrogen-bond donors (Lipinski definition) is 2. The molecule has 0 radical (unpaired) electrons. The zero-order chi connectivity index (χ0) is 14.5. The SMILES string of the molecule is COc1cc(O)cc(/C=C/c2cccc(O)c2OC)c1. The Hall–Kier alpha value is -2.62. The highest BCUT2D eigenvalue weighted by molar-refractivity contribution is 5.75. The van der Waals surface area contributed by atoms with Gasteiger partial charge in [0.1, 0.15) is 11.5 Å². The van der Waals surface area contributed by atoms with E-state index in [4.69, 9.17) is 9.47 Å². The van der Waals surface area contributed by atoms with E-state index in [9.17, 15) is 10.2 Å². The molecular weight excluding hydrogens is 256 g/mol. The minimum Gasteiger partial charge on any atom is -0.508 e. The van der Waals surface area contributed by atoms with E-state index in [0.717, 1.165) is 11.1 Å². The molecule has 0 spiro atoms. The maximum Gasteiger partial charge on any atom is 0.167 e. The van der Waals surface area contributed by atoms with Gasteiger partial charge in [-0.25, -0.2) is 0 Å². The van der Waals surface area contributed by atoms with Gasteiger partial charge in [-0.1, -0.05) is 24.3 Å². The van der Waals surface area contributed by atoms with Crippen LogP contribution in [0.2, 0.25) is 0 Å². The van der Waals surface area contributed by atoms with Gasteiger partial charge in [0, 0.05) is 11.6 Å². The fraction of sp³-hybridized carbons (Fsp3) is 0.125. The van der Waals surface area contributed by atoms with Gasteiger partial charge in [0.25, 0.3) is 0 Å². The second kappa shape index (κ2) is 6.02. The number of hydrogen-bond acceptors (Lipinski definition) is 4. The highest BCUT2D eigenvalue weighted by Crippen LogP contribution is 2.31. The van der Waals surface area contributed by atoms with E-state index < -0.39 is 0 Å². The van der Waals surface area contributed by atoms with Gasteiger partial charge in [0.2, 0.25) is 0 Å². The van der Waals surface area contributed by atoms with Crippen molar-refractivity contribution >= 4 is 12.2 Å². The van der Waals surface area contributed by atoms with Crippen LogP contribution in [0.3, 0.4) is 0 Å². The maximum absolute atomic E-state index is 9.70. The lowest BCUT2D eigenvalue weighted by Crippen LogP contribution is -1.87. The number of benzene rings is 2. The van der Waals surface area contributed by atoms with Crippen molar-refractivity contribution in [3.05, 3.63) is 47.5 Å². The Bertz CT molecular complexity index is 632. The second-order valence-electron chi connectivity index (χ2n) is 4.20. The molecule has 0 aliphatic carbocycles. The van der Waals surface area contributed by atoms with Gasteiger partial charge in [-0.15, -0.1) is 0 Å². The van der Waals surface area contributed by atoms with Crippen LogP contribution in [-0.4, -0.2) is 24.4 Å². The first-order valence-electron chi connectivity index (χ1n) is 6.06. The summed E-state index contributed by atoms with van der Waals surface area (Å²) in [5.74, 6) is 1.21. The summed E-state index contributed by atoms with van der Waals surface area (Å²) >= 11 is 0. The highest BCUT2D eigenvalue weighted by atomic mass is 16.5. The zero-order valence-corrected chi connectivity index (χ0v) is 11.3. The quantitative estimate of drug-likeness (QED) is 0.838. The Kier molecular flexibility index (Phi) is 4.15. The first-order chi connectivity index (χ1) is 9.63. The minimum atomic E-state index is 0.0862. The summed E-state index contributed by atoms with van der Waals surface area (Å²) in [5, 5.41) is 19.3. The molecule has 4 nitrogen and oxygen atoms in total. The van der Waals surface area contributed by atoms with E-state index in [-0.39, 0.29) is 11.5 Å². The first kappa shape index (κ1) is 13.8. The smallest absolute Gasteiger partial charge is 0.167 e. The molecule has 2 aromatic carbocycles. The molecule has 0 saturated carbocycles. The van der Waals surface area contributed by atoms with Crippen molar-refractivity contribution in [2.75, 3.05) is 14.2 Å². The number of aromatic hydroxyl groups is 2. The number of ether oxygens (including phenoxy) is 2. The van der Waals surface area contributed by atoms with Gasteiger partial charge >= 0.3 is 0 Å². The van der Waals surface area contributed by atoms with Crippen LogP contribution in [0.4, 0.5) is 0 Å². The van der Waals surface area contributed by atoms with Crippen molar-refractivity contribution in [1.29, 1.82) is 0 Å². The molecule has 0 saturated heterocycles. The van der Waals surface area contributed by atoms with Crippen LogP contribution in [0.25, 0.3) is 12.2 Å².